The van der Waals surface area contributed by atoms with E-state index in [1.165, 1.54) is 5.56 Å². The van der Waals surface area contributed by atoms with Crippen LogP contribution in [0.5, 0.6) is 0 Å². The fourth-order valence-corrected chi connectivity index (χ4v) is 2.96. The fourth-order valence-electron chi connectivity index (χ4n) is 2.50. The summed E-state index contributed by atoms with van der Waals surface area (Å²) in [5, 5.41) is 12.5. The van der Waals surface area contributed by atoms with Gasteiger partial charge in [0.25, 0.3) is 0 Å². The number of carboxylic acid groups (broad SMARTS) is 1. The number of hydrogen-bond acceptors (Lipinski definition) is 2. The molecule has 0 aliphatic rings. The third-order valence-corrected chi connectivity index (χ3v) is 4.28. The first-order valence-electron chi connectivity index (χ1n) is 8.51. The van der Waals surface area contributed by atoms with Gasteiger partial charge in [0.2, 0.25) is 5.91 Å². The Morgan fingerprint density at radius 2 is 1.58 bits per heavy atom. The molecule has 0 saturated carbocycles. The third kappa shape index (κ3) is 7.23. The molecule has 0 saturated heterocycles. The average molecular weight is 416 g/mol. The Labute approximate surface area is 162 Å². The molecule has 0 fully saturated rings. The van der Waals surface area contributed by atoms with Crippen molar-refractivity contribution < 1.29 is 14.7 Å². The van der Waals surface area contributed by atoms with Gasteiger partial charge in [0.15, 0.2) is 0 Å². The van der Waals surface area contributed by atoms with Crippen LogP contribution in [0.3, 0.4) is 0 Å². The number of nitrogens with one attached hydrogen (secondary N) is 1. The Bertz CT molecular complexity index is 752. The lowest BCUT2D eigenvalue weighted by Gasteiger charge is -2.07. The molecule has 0 aromatic heterocycles. The molecular formula is C21H22BrNO3. The van der Waals surface area contributed by atoms with Crippen molar-refractivity contribution >= 4 is 39.6 Å². The zero-order chi connectivity index (χ0) is 18.8. The van der Waals surface area contributed by atoms with Gasteiger partial charge in [-0.15, -0.1) is 0 Å². The van der Waals surface area contributed by atoms with Crippen LogP contribution in [-0.4, -0.2) is 22.3 Å². The van der Waals surface area contributed by atoms with Crippen LogP contribution < -0.4 is 5.32 Å². The summed E-state index contributed by atoms with van der Waals surface area (Å²) in [4.78, 5) is 22.5. The van der Waals surface area contributed by atoms with Crippen LogP contribution in [0.4, 0.5) is 5.69 Å². The van der Waals surface area contributed by atoms with E-state index in [0.717, 1.165) is 47.5 Å². The highest BCUT2D eigenvalue weighted by Crippen LogP contribution is 2.13. The van der Waals surface area contributed by atoms with Crippen molar-refractivity contribution in [1.29, 1.82) is 0 Å². The first-order chi connectivity index (χ1) is 12.6. The SMILES string of the molecule is O=C(O)C=Cc1ccc(CCCC(=O)Nc2ccc(CCBr)cc2)cc1. The van der Waals surface area contributed by atoms with Gasteiger partial charge in [0.1, 0.15) is 0 Å². The maximum absolute atomic E-state index is 12.0. The second-order valence-electron chi connectivity index (χ2n) is 5.95. The minimum Gasteiger partial charge on any atom is -0.478 e. The maximum atomic E-state index is 12.0. The summed E-state index contributed by atoms with van der Waals surface area (Å²) >= 11 is 3.41. The molecule has 0 heterocycles. The van der Waals surface area contributed by atoms with E-state index in [1.54, 1.807) is 6.08 Å². The number of aliphatic carboxylic acids is 1. The predicted molar refractivity (Wildman–Crippen MR) is 109 cm³/mol. The number of halogens is 1. The molecule has 0 spiro atoms. The zero-order valence-corrected chi connectivity index (χ0v) is 16.0. The van der Waals surface area contributed by atoms with Gasteiger partial charge in [0, 0.05) is 23.5 Å². The standard InChI is InChI=1S/C21H22BrNO3/c22-15-14-18-8-11-19(12-9-18)23-20(24)3-1-2-16-4-6-17(7-5-16)10-13-21(25)26/h4-13H,1-3,14-15H2,(H,23,24)(H,25,26). The number of carboxylic acids is 1. The number of hydrogen-bond donors (Lipinski definition) is 2. The van der Waals surface area contributed by atoms with E-state index >= 15 is 0 Å². The van der Waals surface area contributed by atoms with E-state index in [2.05, 4.69) is 21.2 Å². The smallest absolute Gasteiger partial charge is 0.328 e. The molecule has 26 heavy (non-hydrogen) atoms. The Balaban J connectivity index is 1.74. The van der Waals surface area contributed by atoms with Gasteiger partial charge < -0.3 is 10.4 Å². The molecule has 2 N–H and O–H groups in total. The van der Waals surface area contributed by atoms with Crippen LogP contribution in [0.1, 0.15) is 29.5 Å². The fraction of sp³-hybridized carbons (Fsp3) is 0.238. The largest absolute Gasteiger partial charge is 0.478 e. The lowest BCUT2D eigenvalue weighted by atomic mass is 10.1. The molecule has 1 amide bonds. The highest BCUT2D eigenvalue weighted by atomic mass is 79.9. The number of rotatable bonds is 9. The first-order valence-corrected chi connectivity index (χ1v) is 9.63. The molecular weight excluding hydrogens is 394 g/mol. The minimum absolute atomic E-state index is 0.0132. The van der Waals surface area contributed by atoms with Crippen LogP contribution in [0.25, 0.3) is 6.08 Å². The van der Waals surface area contributed by atoms with Gasteiger partial charge in [-0.05, 0) is 54.2 Å². The number of anilines is 1. The summed E-state index contributed by atoms with van der Waals surface area (Å²) in [6, 6.07) is 15.6. The molecule has 5 heteroatoms. The number of benzene rings is 2. The molecule has 0 unspecified atom stereocenters. The van der Waals surface area contributed by atoms with Crippen molar-refractivity contribution in [3.05, 3.63) is 71.3 Å². The molecule has 4 nitrogen and oxygen atoms in total. The molecule has 0 radical (unpaired) electrons. The molecule has 0 aliphatic heterocycles. The Morgan fingerprint density at radius 3 is 2.19 bits per heavy atom. The van der Waals surface area contributed by atoms with Gasteiger partial charge in [-0.25, -0.2) is 4.79 Å². The van der Waals surface area contributed by atoms with Crippen molar-refractivity contribution in [2.24, 2.45) is 0 Å². The monoisotopic (exact) mass is 415 g/mol. The van der Waals surface area contributed by atoms with E-state index in [1.807, 2.05) is 48.5 Å². The van der Waals surface area contributed by atoms with Gasteiger partial charge in [-0.1, -0.05) is 52.3 Å². The number of aryl methyl sites for hydroxylation is 2. The normalized spacial score (nSPS) is 10.8. The number of carbonyl (C=O) groups excluding carboxylic acids is 1. The summed E-state index contributed by atoms with van der Waals surface area (Å²) in [5.41, 5.74) is 4.03. The van der Waals surface area contributed by atoms with Gasteiger partial charge >= 0.3 is 5.97 Å². The Kier molecular flexibility index (Phi) is 8.09. The number of amides is 1. The van der Waals surface area contributed by atoms with E-state index in [9.17, 15) is 9.59 Å². The predicted octanol–water partition coefficient (Wildman–Crippen LogP) is 4.68. The average Bonchev–Trinajstić information content (AvgIpc) is 2.63. The molecule has 136 valence electrons. The van der Waals surface area contributed by atoms with Gasteiger partial charge in [-0.3, -0.25) is 4.79 Å². The zero-order valence-electron chi connectivity index (χ0n) is 14.5. The van der Waals surface area contributed by atoms with Crippen molar-refractivity contribution in [3.8, 4) is 0 Å². The number of carbonyl (C=O) groups is 2. The maximum Gasteiger partial charge on any atom is 0.328 e. The molecule has 0 atom stereocenters. The number of alkyl halides is 1. The van der Waals surface area contributed by atoms with E-state index < -0.39 is 5.97 Å². The quantitative estimate of drug-likeness (QED) is 0.461. The van der Waals surface area contributed by atoms with E-state index in [4.69, 9.17) is 5.11 Å². The second kappa shape index (κ2) is 10.6. The molecule has 0 aliphatic carbocycles. The molecule has 0 bridgehead atoms. The van der Waals surface area contributed by atoms with E-state index in [-0.39, 0.29) is 5.91 Å². The minimum atomic E-state index is -0.960. The van der Waals surface area contributed by atoms with Crippen LogP contribution >= 0.6 is 15.9 Å². The summed E-state index contributed by atoms with van der Waals surface area (Å²) in [6.07, 6.45) is 5.68. The summed E-state index contributed by atoms with van der Waals surface area (Å²) in [7, 11) is 0. The highest BCUT2D eigenvalue weighted by molar-refractivity contribution is 9.09. The first kappa shape index (κ1) is 19.9. The third-order valence-electron chi connectivity index (χ3n) is 3.89. The highest BCUT2D eigenvalue weighted by Gasteiger charge is 2.03. The van der Waals surface area contributed by atoms with Crippen LogP contribution in [0.15, 0.2) is 54.6 Å². The van der Waals surface area contributed by atoms with Crippen LogP contribution in [0.2, 0.25) is 0 Å². The summed E-state index contributed by atoms with van der Waals surface area (Å²) in [6.45, 7) is 0. The van der Waals surface area contributed by atoms with Crippen LogP contribution in [0, 0.1) is 0 Å². The molecule has 2 rings (SSSR count). The topological polar surface area (TPSA) is 66.4 Å². The van der Waals surface area contributed by atoms with Crippen molar-refractivity contribution in [3.63, 3.8) is 0 Å². The second-order valence-corrected chi connectivity index (χ2v) is 6.74. The van der Waals surface area contributed by atoms with Gasteiger partial charge in [-0.2, -0.15) is 0 Å². The Morgan fingerprint density at radius 1 is 0.962 bits per heavy atom. The Hall–Kier alpha value is -2.40. The lowest BCUT2D eigenvalue weighted by Crippen LogP contribution is -2.11. The van der Waals surface area contributed by atoms with E-state index in [0.29, 0.717) is 6.42 Å². The lowest BCUT2D eigenvalue weighted by molar-refractivity contribution is -0.131. The van der Waals surface area contributed by atoms with Crippen molar-refractivity contribution in [2.45, 2.75) is 25.7 Å². The molecule has 2 aromatic carbocycles. The summed E-state index contributed by atoms with van der Waals surface area (Å²) in [5.74, 6) is -0.947. The van der Waals surface area contributed by atoms with Crippen molar-refractivity contribution in [1.82, 2.24) is 0 Å². The van der Waals surface area contributed by atoms with Crippen LogP contribution in [-0.2, 0) is 22.4 Å². The summed E-state index contributed by atoms with van der Waals surface area (Å²) < 4.78 is 0. The van der Waals surface area contributed by atoms with Gasteiger partial charge in [0.05, 0.1) is 0 Å². The molecule has 2 aromatic rings. The van der Waals surface area contributed by atoms with Crippen molar-refractivity contribution in [2.75, 3.05) is 10.6 Å².